The van der Waals surface area contributed by atoms with Crippen molar-refractivity contribution in [1.29, 1.82) is 0 Å². The quantitative estimate of drug-likeness (QED) is 0.152. The van der Waals surface area contributed by atoms with Crippen molar-refractivity contribution in [1.82, 2.24) is 10.2 Å². The van der Waals surface area contributed by atoms with Crippen molar-refractivity contribution in [3.63, 3.8) is 0 Å². The number of hydrogen-bond donors (Lipinski definition) is 1. The number of benzene rings is 4. The van der Waals surface area contributed by atoms with E-state index in [1.54, 1.807) is 49.4 Å². The summed E-state index contributed by atoms with van der Waals surface area (Å²) in [4.78, 5) is 30.1. The summed E-state index contributed by atoms with van der Waals surface area (Å²) in [6, 6.07) is 24.4. The summed E-state index contributed by atoms with van der Waals surface area (Å²) in [5, 5.41) is 4.06. The Kier molecular flexibility index (Phi) is 12.4. The van der Waals surface area contributed by atoms with Crippen molar-refractivity contribution in [2.45, 2.75) is 64.1 Å². The van der Waals surface area contributed by atoms with Gasteiger partial charge in [0, 0.05) is 34.1 Å². The second-order valence-electron chi connectivity index (χ2n) is 11.5. The largest absolute Gasteiger partial charge is 0.352 e. The average Bonchev–Trinajstić information content (AvgIpc) is 3.04. The first kappa shape index (κ1) is 36.3. The third kappa shape index (κ3) is 9.29. The number of hydrogen-bond acceptors (Lipinski definition) is 4. The van der Waals surface area contributed by atoms with E-state index < -0.39 is 28.5 Å². The SMILES string of the molecule is CC[C@H](C)NC(=O)[C@H](Cc1ccccc1)N(Cc1ccc(Cl)cc1Cl)C(=O)CN(c1cc(Cl)ccc1C)S(=O)(=O)c1ccc(C)cc1. The van der Waals surface area contributed by atoms with Crippen LogP contribution in [-0.2, 0) is 32.6 Å². The zero-order valence-electron chi connectivity index (χ0n) is 26.7. The number of rotatable bonds is 13. The minimum Gasteiger partial charge on any atom is -0.352 e. The van der Waals surface area contributed by atoms with E-state index in [9.17, 15) is 18.0 Å². The first-order valence-corrected chi connectivity index (χ1v) is 17.8. The van der Waals surface area contributed by atoms with Gasteiger partial charge in [-0.15, -0.1) is 0 Å². The molecule has 0 fully saturated rings. The first-order valence-electron chi connectivity index (χ1n) is 15.2. The summed E-state index contributed by atoms with van der Waals surface area (Å²) < 4.78 is 29.6. The van der Waals surface area contributed by atoms with E-state index in [2.05, 4.69) is 5.32 Å². The number of sulfonamides is 1. The number of nitrogens with one attached hydrogen (secondary N) is 1. The maximum atomic E-state index is 14.7. The van der Waals surface area contributed by atoms with Crippen LogP contribution in [0.2, 0.25) is 15.1 Å². The lowest BCUT2D eigenvalue weighted by Gasteiger charge is -2.35. The molecule has 0 heterocycles. The highest BCUT2D eigenvalue weighted by atomic mass is 35.5. The molecule has 2 amide bonds. The van der Waals surface area contributed by atoms with Gasteiger partial charge in [-0.25, -0.2) is 8.42 Å². The van der Waals surface area contributed by atoms with Crippen LogP contribution in [0.3, 0.4) is 0 Å². The smallest absolute Gasteiger partial charge is 0.264 e. The van der Waals surface area contributed by atoms with Gasteiger partial charge < -0.3 is 10.2 Å². The van der Waals surface area contributed by atoms with Crippen molar-refractivity contribution >= 4 is 62.3 Å². The van der Waals surface area contributed by atoms with E-state index in [1.807, 2.05) is 51.1 Å². The monoisotopic (exact) mass is 713 g/mol. The Morgan fingerprint density at radius 3 is 2.13 bits per heavy atom. The molecule has 7 nitrogen and oxygen atoms in total. The van der Waals surface area contributed by atoms with Crippen LogP contribution in [0.4, 0.5) is 5.69 Å². The van der Waals surface area contributed by atoms with Gasteiger partial charge in [-0.2, -0.15) is 0 Å². The van der Waals surface area contributed by atoms with E-state index in [-0.39, 0.29) is 35.5 Å². The van der Waals surface area contributed by atoms with Crippen molar-refractivity contribution < 1.29 is 18.0 Å². The zero-order valence-corrected chi connectivity index (χ0v) is 29.8. The van der Waals surface area contributed by atoms with Gasteiger partial charge >= 0.3 is 0 Å². The highest BCUT2D eigenvalue weighted by Gasteiger charge is 2.35. The van der Waals surface area contributed by atoms with Crippen molar-refractivity contribution in [2.75, 3.05) is 10.8 Å². The molecule has 0 aliphatic carbocycles. The summed E-state index contributed by atoms with van der Waals surface area (Å²) >= 11 is 19.1. The molecule has 248 valence electrons. The fraction of sp³-hybridized carbons (Fsp3) is 0.278. The Morgan fingerprint density at radius 2 is 1.49 bits per heavy atom. The highest BCUT2D eigenvalue weighted by molar-refractivity contribution is 7.92. The summed E-state index contributed by atoms with van der Waals surface area (Å²) in [6.45, 7) is 6.76. The van der Waals surface area contributed by atoms with Crippen LogP contribution in [0.5, 0.6) is 0 Å². The summed E-state index contributed by atoms with van der Waals surface area (Å²) in [5.74, 6) is -0.972. The van der Waals surface area contributed by atoms with Crippen LogP contribution in [0.25, 0.3) is 0 Å². The van der Waals surface area contributed by atoms with Crippen molar-refractivity contribution in [3.05, 3.63) is 128 Å². The Morgan fingerprint density at radius 1 is 0.851 bits per heavy atom. The molecule has 0 radical (unpaired) electrons. The van der Waals surface area contributed by atoms with Crippen LogP contribution >= 0.6 is 34.8 Å². The number of carbonyl (C=O) groups is 2. The molecule has 47 heavy (non-hydrogen) atoms. The van der Waals surface area contributed by atoms with Gasteiger partial charge in [-0.1, -0.05) is 102 Å². The number of aryl methyl sites for hydroxylation is 2. The van der Waals surface area contributed by atoms with Crippen molar-refractivity contribution in [2.24, 2.45) is 0 Å². The Labute approximate surface area is 292 Å². The highest BCUT2D eigenvalue weighted by Crippen LogP contribution is 2.31. The van der Waals surface area contributed by atoms with E-state index in [4.69, 9.17) is 34.8 Å². The Bertz CT molecular complexity index is 1820. The lowest BCUT2D eigenvalue weighted by atomic mass is 10.0. The molecule has 0 aromatic heterocycles. The normalized spacial score (nSPS) is 12.7. The molecule has 0 aliphatic heterocycles. The van der Waals surface area contributed by atoms with Gasteiger partial charge in [0.2, 0.25) is 11.8 Å². The molecule has 0 spiro atoms. The number of carbonyl (C=O) groups excluding carboxylic acids is 2. The zero-order chi connectivity index (χ0) is 34.3. The molecular formula is C36H38Cl3N3O4S. The number of amides is 2. The van der Waals surface area contributed by atoms with Crippen LogP contribution in [-0.4, -0.2) is 43.8 Å². The van der Waals surface area contributed by atoms with Gasteiger partial charge in [0.15, 0.2) is 0 Å². The molecule has 0 saturated carbocycles. The fourth-order valence-electron chi connectivity index (χ4n) is 5.03. The fourth-order valence-corrected chi connectivity index (χ4v) is 7.14. The van der Waals surface area contributed by atoms with Crippen LogP contribution in [0.1, 0.15) is 42.5 Å². The molecule has 0 saturated heterocycles. The van der Waals surface area contributed by atoms with E-state index in [0.29, 0.717) is 32.6 Å². The second-order valence-corrected chi connectivity index (χ2v) is 14.7. The topological polar surface area (TPSA) is 86.8 Å². The van der Waals surface area contributed by atoms with Gasteiger partial charge in [-0.3, -0.25) is 13.9 Å². The molecule has 0 bridgehead atoms. The predicted octanol–water partition coefficient (Wildman–Crippen LogP) is 8.01. The molecule has 4 rings (SSSR count). The van der Waals surface area contributed by atoms with Crippen LogP contribution in [0, 0.1) is 13.8 Å². The molecule has 11 heteroatoms. The molecule has 1 N–H and O–H groups in total. The molecule has 0 aliphatic rings. The van der Waals surface area contributed by atoms with Gasteiger partial charge in [0.05, 0.1) is 10.6 Å². The molecular weight excluding hydrogens is 677 g/mol. The standard InChI is InChI=1S/C36H38Cl3N3O4S/c1-5-26(4)40-36(44)34(19-27-9-7-6-8-10-27)41(22-28-14-16-29(37)20-32(28)39)35(43)23-42(33-21-30(38)15-13-25(33)3)47(45,46)31-17-11-24(2)12-18-31/h6-18,20-21,26,34H,5,19,22-23H2,1-4H3,(H,40,44)/t26-,34-/m0/s1. The number of anilines is 1. The maximum Gasteiger partial charge on any atom is 0.264 e. The average molecular weight is 715 g/mol. The number of halogens is 3. The summed E-state index contributed by atoms with van der Waals surface area (Å²) in [7, 11) is -4.27. The van der Waals surface area contributed by atoms with E-state index in [1.165, 1.54) is 23.1 Å². The van der Waals surface area contributed by atoms with E-state index in [0.717, 1.165) is 15.4 Å². The Hall–Kier alpha value is -3.56. The number of nitrogens with zero attached hydrogens (tertiary/aromatic N) is 2. The van der Waals surface area contributed by atoms with Crippen molar-refractivity contribution in [3.8, 4) is 0 Å². The molecule has 4 aromatic rings. The lowest BCUT2D eigenvalue weighted by Crippen LogP contribution is -2.54. The molecule has 0 unspecified atom stereocenters. The van der Waals surface area contributed by atoms with E-state index >= 15 is 0 Å². The minimum absolute atomic E-state index is 0.0120. The third-order valence-corrected chi connectivity index (χ3v) is 10.6. The lowest BCUT2D eigenvalue weighted by molar-refractivity contribution is -0.140. The third-order valence-electron chi connectivity index (χ3n) is 7.96. The predicted molar refractivity (Wildman–Crippen MR) is 191 cm³/mol. The summed E-state index contributed by atoms with van der Waals surface area (Å²) in [6.07, 6.45) is 0.859. The molecule has 4 aromatic carbocycles. The first-order chi connectivity index (χ1) is 22.3. The summed E-state index contributed by atoms with van der Waals surface area (Å²) in [5.41, 5.74) is 3.10. The van der Waals surface area contributed by atoms with Gasteiger partial charge in [-0.05, 0) is 80.3 Å². The van der Waals surface area contributed by atoms with Gasteiger partial charge in [0.25, 0.3) is 10.0 Å². The van der Waals surface area contributed by atoms with Crippen LogP contribution in [0.15, 0.2) is 95.9 Å². The van der Waals surface area contributed by atoms with Gasteiger partial charge in [0.1, 0.15) is 12.6 Å². The Balaban J connectivity index is 1.86. The van der Waals surface area contributed by atoms with Crippen LogP contribution < -0.4 is 9.62 Å². The minimum atomic E-state index is -4.27. The second kappa shape index (κ2) is 16.0. The maximum absolute atomic E-state index is 14.7. The molecule has 2 atom stereocenters.